The summed E-state index contributed by atoms with van der Waals surface area (Å²) in [5.74, 6) is 1.28. The summed E-state index contributed by atoms with van der Waals surface area (Å²) >= 11 is 1.58. The Balaban J connectivity index is 1.75. The first-order valence-electron chi connectivity index (χ1n) is 13.1. The lowest BCUT2D eigenvalue weighted by Crippen LogP contribution is -2.29. The van der Waals surface area contributed by atoms with Crippen molar-refractivity contribution in [3.63, 3.8) is 0 Å². The molecular formula is C28H38N4O3S2. The van der Waals surface area contributed by atoms with Crippen LogP contribution in [0.5, 0.6) is 5.75 Å². The molecule has 4 rings (SSSR count). The highest BCUT2D eigenvalue weighted by Gasteiger charge is 2.35. The molecule has 1 aliphatic carbocycles. The van der Waals surface area contributed by atoms with Crippen LogP contribution in [0.3, 0.4) is 0 Å². The van der Waals surface area contributed by atoms with E-state index in [9.17, 15) is 8.42 Å². The molecule has 200 valence electrons. The Morgan fingerprint density at radius 3 is 2.65 bits per heavy atom. The first-order valence-corrected chi connectivity index (χ1v) is 15.4. The van der Waals surface area contributed by atoms with Crippen LogP contribution >= 0.6 is 11.3 Å². The van der Waals surface area contributed by atoms with E-state index in [1.807, 2.05) is 30.6 Å². The summed E-state index contributed by atoms with van der Waals surface area (Å²) in [5.41, 5.74) is 11.0. The third-order valence-corrected chi connectivity index (χ3v) is 10.1. The van der Waals surface area contributed by atoms with E-state index in [4.69, 9.17) is 15.5 Å². The van der Waals surface area contributed by atoms with Crippen molar-refractivity contribution in [3.8, 4) is 5.75 Å². The maximum absolute atomic E-state index is 13.7. The second kappa shape index (κ2) is 11.4. The fraction of sp³-hybridized carbons (Fsp3) is 0.500. The number of amidine groups is 1. The Hall–Kier alpha value is -2.65. The van der Waals surface area contributed by atoms with Gasteiger partial charge in [-0.05, 0) is 70.2 Å². The van der Waals surface area contributed by atoms with Crippen molar-refractivity contribution in [1.82, 2.24) is 4.98 Å². The maximum atomic E-state index is 13.7. The number of nitrogen functional groups attached to an aromatic ring is 1. The Bertz CT molecular complexity index is 1370. The van der Waals surface area contributed by atoms with Gasteiger partial charge in [-0.15, -0.1) is 11.3 Å². The molecule has 0 radical (unpaired) electrons. The predicted octanol–water partition coefficient (Wildman–Crippen LogP) is 6.68. The van der Waals surface area contributed by atoms with Crippen LogP contribution in [0, 0.1) is 5.92 Å². The van der Waals surface area contributed by atoms with Crippen molar-refractivity contribution >= 4 is 48.6 Å². The predicted molar refractivity (Wildman–Crippen MR) is 155 cm³/mol. The van der Waals surface area contributed by atoms with Gasteiger partial charge < -0.3 is 15.8 Å². The van der Waals surface area contributed by atoms with Gasteiger partial charge in [-0.2, -0.15) is 0 Å². The van der Waals surface area contributed by atoms with Crippen LogP contribution in [0.15, 0.2) is 45.7 Å². The summed E-state index contributed by atoms with van der Waals surface area (Å²) in [6.45, 7) is 8.23. The SMILES string of the molecule is CCC/N=C(/Nc1ccc2scnc2c1)c1cc(S(=O)(=O)C(C)(C)C)c(OCC2CCCCC2)cc1N. The second-order valence-corrected chi connectivity index (χ2v) is 14.3. The average Bonchev–Trinajstić information content (AvgIpc) is 3.33. The summed E-state index contributed by atoms with van der Waals surface area (Å²) in [6, 6.07) is 9.22. The molecule has 1 saturated carbocycles. The Labute approximate surface area is 224 Å². The number of thiazole rings is 1. The number of hydrogen-bond acceptors (Lipinski definition) is 7. The lowest BCUT2D eigenvalue weighted by Gasteiger charge is -2.25. The van der Waals surface area contributed by atoms with Crippen LogP contribution < -0.4 is 15.8 Å². The van der Waals surface area contributed by atoms with Crippen molar-refractivity contribution < 1.29 is 13.2 Å². The number of anilines is 2. The van der Waals surface area contributed by atoms with Crippen LogP contribution in [0.25, 0.3) is 10.2 Å². The van der Waals surface area contributed by atoms with E-state index >= 15 is 0 Å². The number of rotatable bonds is 8. The molecule has 1 fully saturated rings. The number of nitrogens with two attached hydrogens (primary N) is 1. The fourth-order valence-corrected chi connectivity index (χ4v) is 6.46. The largest absolute Gasteiger partial charge is 0.492 e. The topological polar surface area (TPSA) is 107 Å². The number of hydrogen-bond donors (Lipinski definition) is 2. The lowest BCUT2D eigenvalue weighted by molar-refractivity contribution is 0.205. The van der Waals surface area contributed by atoms with Gasteiger partial charge in [0.15, 0.2) is 9.84 Å². The number of fused-ring (bicyclic) bond motifs is 1. The monoisotopic (exact) mass is 542 g/mol. The molecule has 3 aromatic rings. The van der Waals surface area contributed by atoms with Crippen LogP contribution in [0.4, 0.5) is 11.4 Å². The molecule has 1 heterocycles. The standard InChI is InChI=1S/C28H38N4O3S2/c1-5-13-30-27(32-20-11-12-25-23(14-20)31-18-36-25)21-15-26(37(33,34)28(2,3)4)24(16-22(21)29)35-17-19-9-7-6-8-10-19/h11-12,14-16,18-19H,5-10,13,17,29H2,1-4H3,(H,30,32). The molecule has 0 bridgehead atoms. The van der Waals surface area contributed by atoms with Crippen molar-refractivity contribution in [3.05, 3.63) is 41.4 Å². The number of benzene rings is 2. The molecule has 1 aliphatic rings. The number of aromatic nitrogens is 1. The van der Waals surface area contributed by atoms with Gasteiger partial charge >= 0.3 is 0 Å². The molecular weight excluding hydrogens is 504 g/mol. The summed E-state index contributed by atoms with van der Waals surface area (Å²) in [4.78, 5) is 9.30. The van der Waals surface area contributed by atoms with E-state index in [1.54, 1.807) is 44.2 Å². The van der Waals surface area contributed by atoms with E-state index in [2.05, 4.69) is 10.3 Å². The van der Waals surface area contributed by atoms with Gasteiger partial charge in [0.1, 0.15) is 16.5 Å². The van der Waals surface area contributed by atoms with Gasteiger partial charge in [-0.25, -0.2) is 13.4 Å². The molecule has 0 unspecified atom stereocenters. The minimum Gasteiger partial charge on any atom is -0.492 e. The smallest absolute Gasteiger partial charge is 0.186 e. The molecule has 37 heavy (non-hydrogen) atoms. The minimum atomic E-state index is -3.72. The first kappa shape index (κ1) is 27.4. The highest BCUT2D eigenvalue weighted by Crippen LogP contribution is 2.37. The first-order chi connectivity index (χ1) is 17.6. The van der Waals surface area contributed by atoms with Crippen LogP contribution in [0.1, 0.15) is 71.8 Å². The van der Waals surface area contributed by atoms with Crippen LogP contribution in [0.2, 0.25) is 0 Å². The molecule has 7 nitrogen and oxygen atoms in total. The highest BCUT2D eigenvalue weighted by atomic mass is 32.2. The maximum Gasteiger partial charge on any atom is 0.186 e. The zero-order valence-electron chi connectivity index (χ0n) is 22.2. The van der Waals surface area contributed by atoms with E-state index in [1.165, 1.54) is 19.3 Å². The highest BCUT2D eigenvalue weighted by molar-refractivity contribution is 7.92. The van der Waals surface area contributed by atoms with E-state index in [0.717, 1.165) is 35.2 Å². The second-order valence-electron chi connectivity index (χ2n) is 10.7. The number of ether oxygens (including phenoxy) is 1. The van der Waals surface area contributed by atoms with Gasteiger partial charge in [0.25, 0.3) is 0 Å². The van der Waals surface area contributed by atoms with Gasteiger partial charge in [-0.3, -0.25) is 4.99 Å². The molecule has 0 amide bonds. The van der Waals surface area contributed by atoms with E-state index < -0.39 is 14.6 Å². The van der Waals surface area contributed by atoms with Gasteiger partial charge in [0.2, 0.25) is 0 Å². The van der Waals surface area contributed by atoms with Crippen molar-refractivity contribution in [1.29, 1.82) is 0 Å². The van der Waals surface area contributed by atoms with Crippen molar-refractivity contribution in [2.24, 2.45) is 10.9 Å². The molecule has 3 N–H and O–H groups in total. The van der Waals surface area contributed by atoms with Crippen LogP contribution in [-0.4, -0.2) is 37.1 Å². The van der Waals surface area contributed by atoms with Crippen molar-refractivity contribution in [2.75, 3.05) is 24.2 Å². The number of nitrogens with zero attached hydrogens (tertiary/aromatic N) is 2. The lowest BCUT2D eigenvalue weighted by atomic mass is 9.90. The summed E-state index contributed by atoms with van der Waals surface area (Å²) in [6.07, 6.45) is 6.69. The number of aliphatic imine (C=N–C) groups is 1. The summed E-state index contributed by atoms with van der Waals surface area (Å²) < 4.78 is 33.7. The van der Waals surface area contributed by atoms with E-state index in [0.29, 0.717) is 41.9 Å². The number of nitrogens with one attached hydrogen (secondary N) is 1. The Kier molecular flexibility index (Phi) is 8.43. The third-order valence-electron chi connectivity index (χ3n) is 6.75. The molecule has 0 aliphatic heterocycles. The zero-order valence-corrected chi connectivity index (χ0v) is 23.8. The van der Waals surface area contributed by atoms with Gasteiger partial charge in [0.05, 0.1) is 27.1 Å². The van der Waals surface area contributed by atoms with E-state index in [-0.39, 0.29) is 4.90 Å². The summed E-state index contributed by atoms with van der Waals surface area (Å²) in [5, 5.41) is 3.37. The van der Waals surface area contributed by atoms with Crippen LogP contribution in [-0.2, 0) is 9.84 Å². The average molecular weight is 543 g/mol. The van der Waals surface area contributed by atoms with Gasteiger partial charge in [-0.1, -0.05) is 26.2 Å². The number of sulfone groups is 1. The molecule has 1 aromatic heterocycles. The molecule has 0 atom stereocenters. The summed E-state index contributed by atoms with van der Waals surface area (Å²) in [7, 11) is -3.72. The Morgan fingerprint density at radius 2 is 1.95 bits per heavy atom. The molecule has 2 aromatic carbocycles. The normalized spacial score (nSPS) is 15.7. The molecule has 9 heteroatoms. The third kappa shape index (κ3) is 6.26. The van der Waals surface area contributed by atoms with Crippen molar-refractivity contribution in [2.45, 2.75) is 75.9 Å². The zero-order chi connectivity index (χ0) is 26.6. The molecule has 0 saturated heterocycles. The Morgan fingerprint density at radius 1 is 1.19 bits per heavy atom. The minimum absolute atomic E-state index is 0.154. The quantitative estimate of drug-likeness (QED) is 0.187. The molecule has 0 spiro atoms. The fourth-order valence-electron chi connectivity index (χ4n) is 4.48. The van der Waals surface area contributed by atoms with Gasteiger partial charge in [0, 0.05) is 29.5 Å².